The van der Waals surface area contributed by atoms with E-state index in [9.17, 15) is 13.2 Å². The first-order chi connectivity index (χ1) is 8.85. The predicted octanol–water partition coefficient (Wildman–Crippen LogP) is -0.0963. The normalized spacial score (nSPS) is 10.7. The Morgan fingerprint density at radius 2 is 1.79 bits per heavy atom. The lowest BCUT2D eigenvalue weighted by atomic mass is 10.3. The molecule has 0 saturated heterocycles. The van der Waals surface area contributed by atoms with E-state index in [4.69, 9.17) is 15.2 Å². The Kier molecular flexibility index (Phi) is 4.43. The fourth-order valence-electron chi connectivity index (χ4n) is 1.33. The van der Waals surface area contributed by atoms with Crippen molar-refractivity contribution in [2.45, 2.75) is 4.90 Å². The molecule has 0 heterocycles. The van der Waals surface area contributed by atoms with Gasteiger partial charge in [-0.15, -0.1) is 0 Å². The maximum absolute atomic E-state index is 12.0. The largest absolute Gasteiger partial charge is 0.495 e. The number of hydrogen-bond donors (Lipinski definition) is 3. The van der Waals surface area contributed by atoms with Crippen LogP contribution in [0.25, 0.3) is 0 Å². The monoisotopic (exact) mass is 289 g/mol. The molecule has 0 unspecified atom stereocenters. The third kappa shape index (κ3) is 3.19. The molecule has 0 atom stereocenters. The lowest BCUT2D eigenvalue weighted by Gasteiger charge is -2.13. The van der Waals surface area contributed by atoms with E-state index in [1.807, 2.05) is 4.72 Å². The van der Waals surface area contributed by atoms with E-state index in [0.29, 0.717) is 0 Å². The van der Waals surface area contributed by atoms with E-state index in [2.05, 4.69) is 5.32 Å². The third-order valence-electron chi connectivity index (χ3n) is 2.26. The second-order valence-electron chi connectivity index (χ2n) is 3.43. The number of anilines is 1. The van der Waals surface area contributed by atoms with E-state index in [0.717, 1.165) is 6.07 Å². The highest BCUT2D eigenvalue weighted by Gasteiger charge is 2.23. The van der Waals surface area contributed by atoms with Crippen molar-refractivity contribution in [2.75, 3.05) is 27.0 Å². The molecule has 8 nitrogen and oxygen atoms in total. The van der Waals surface area contributed by atoms with Crippen molar-refractivity contribution >= 4 is 21.7 Å². The number of carbonyl (C=O) groups is 1. The van der Waals surface area contributed by atoms with Crippen LogP contribution in [0.5, 0.6) is 11.5 Å². The summed E-state index contributed by atoms with van der Waals surface area (Å²) in [5.74, 6) is 0.290. The fraction of sp³-hybridized carbons (Fsp3) is 0.300. The van der Waals surface area contributed by atoms with Crippen LogP contribution in [0.4, 0.5) is 10.5 Å². The van der Waals surface area contributed by atoms with E-state index < -0.39 is 16.1 Å². The molecule has 0 aliphatic heterocycles. The SMILES string of the molecule is CNC(=O)NS(=O)(=O)c1cc(N)c(OC)cc1OC. The van der Waals surface area contributed by atoms with Crippen LogP contribution in [0, 0.1) is 0 Å². The average molecular weight is 289 g/mol. The number of nitrogens with two attached hydrogens (primary N) is 1. The zero-order valence-corrected chi connectivity index (χ0v) is 11.5. The average Bonchev–Trinajstić information content (AvgIpc) is 2.37. The van der Waals surface area contributed by atoms with Crippen molar-refractivity contribution in [1.82, 2.24) is 10.0 Å². The van der Waals surface area contributed by atoms with Crippen LogP contribution >= 0.6 is 0 Å². The molecule has 0 aromatic heterocycles. The Hall–Kier alpha value is -2.16. The zero-order valence-electron chi connectivity index (χ0n) is 10.7. The Labute approximate surface area is 110 Å². The van der Waals surface area contributed by atoms with Gasteiger partial charge in [0.05, 0.1) is 19.9 Å². The smallest absolute Gasteiger partial charge is 0.328 e. The van der Waals surface area contributed by atoms with Gasteiger partial charge in [-0.05, 0) is 6.07 Å². The standard InChI is InChI=1S/C10H15N3O5S/c1-12-10(14)13-19(15,16)9-4-6(11)7(17-2)5-8(9)18-3/h4-5H,11H2,1-3H3,(H2,12,13,14). The Morgan fingerprint density at radius 3 is 2.26 bits per heavy atom. The van der Waals surface area contributed by atoms with Gasteiger partial charge in [0.2, 0.25) is 0 Å². The molecule has 1 rings (SSSR count). The fourth-order valence-corrected chi connectivity index (χ4v) is 2.48. The quantitative estimate of drug-likeness (QED) is 0.666. The minimum Gasteiger partial charge on any atom is -0.495 e. The summed E-state index contributed by atoms with van der Waals surface area (Å²) in [4.78, 5) is 10.9. The maximum Gasteiger partial charge on any atom is 0.328 e. The van der Waals surface area contributed by atoms with Crippen LogP contribution in [0.3, 0.4) is 0 Å². The van der Waals surface area contributed by atoms with Gasteiger partial charge in [0.15, 0.2) is 0 Å². The molecule has 0 fully saturated rings. The number of rotatable bonds is 4. The number of urea groups is 1. The number of sulfonamides is 1. The van der Waals surface area contributed by atoms with Gasteiger partial charge >= 0.3 is 6.03 Å². The molecule has 0 spiro atoms. The summed E-state index contributed by atoms with van der Waals surface area (Å²) in [5, 5.41) is 2.14. The summed E-state index contributed by atoms with van der Waals surface area (Å²) >= 11 is 0. The molecule has 0 aliphatic rings. The lowest BCUT2D eigenvalue weighted by Crippen LogP contribution is -2.37. The van der Waals surface area contributed by atoms with Crippen molar-refractivity contribution in [3.63, 3.8) is 0 Å². The Morgan fingerprint density at radius 1 is 1.21 bits per heavy atom. The Bertz CT molecular complexity index is 585. The summed E-state index contributed by atoms with van der Waals surface area (Å²) in [5.41, 5.74) is 5.75. The highest BCUT2D eigenvalue weighted by molar-refractivity contribution is 7.90. The number of amides is 2. The molecule has 0 saturated carbocycles. The van der Waals surface area contributed by atoms with Crippen molar-refractivity contribution in [3.8, 4) is 11.5 Å². The van der Waals surface area contributed by atoms with E-state index in [1.54, 1.807) is 0 Å². The minimum atomic E-state index is -4.08. The second kappa shape index (κ2) is 5.65. The van der Waals surface area contributed by atoms with Crippen molar-refractivity contribution in [1.29, 1.82) is 0 Å². The van der Waals surface area contributed by atoms with Gasteiger partial charge in [-0.3, -0.25) is 0 Å². The molecule has 0 aliphatic carbocycles. The summed E-state index contributed by atoms with van der Waals surface area (Å²) in [6.45, 7) is 0. The van der Waals surface area contributed by atoms with Gasteiger partial charge < -0.3 is 20.5 Å². The summed E-state index contributed by atoms with van der Waals surface area (Å²) in [7, 11) is -0.102. The predicted molar refractivity (Wildman–Crippen MR) is 68.7 cm³/mol. The van der Waals surface area contributed by atoms with Crippen molar-refractivity contribution in [3.05, 3.63) is 12.1 Å². The number of methoxy groups -OCH3 is 2. The number of nitrogens with one attached hydrogen (secondary N) is 2. The van der Waals surface area contributed by atoms with Gasteiger partial charge in [-0.1, -0.05) is 0 Å². The zero-order chi connectivity index (χ0) is 14.6. The second-order valence-corrected chi connectivity index (χ2v) is 5.08. The van der Waals surface area contributed by atoms with Crippen LogP contribution in [-0.2, 0) is 10.0 Å². The third-order valence-corrected chi connectivity index (χ3v) is 3.61. The van der Waals surface area contributed by atoms with Crippen molar-refractivity contribution < 1.29 is 22.7 Å². The maximum atomic E-state index is 12.0. The number of carbonyl (C=O) groups excluding carboxylic acids is 1. The van der Waals surface area contributed by atoms with E-state index >= 15 is 0 Å². The molecule has 2 amide bonds. The van der Waals surface area contributed by atoms with Crippen molar-refractivity contribution in [2.24, 2.45) is 0 Å². The minimum absolute atomic E-state index is 0.0162. The molecule has 0 bridgehead atoms. The molecule has 106 valence electrons. The van der Waals surface area contributed by atoms with Crippen LogP contribution in [0.15, 0.2) is 17.0 Å². The first-order valence-corrected chi connectivity index (χ1v) is 6.60. The van der Waals surface area contributed by atoms with Gasteiger partial charge in [0, 0.05) is 13.1 Å². The summed E-state index contributed by atoms with van der Waals surface area (Å²) in [6, 6.07) is 1.62. The molecule has 1 aromatic rings. The lowest BCUT2D eigenvalue weighted by molar-refractivity contribution is 0.247. The summed E-state index contributed by atoms with van der Waals surface area (Å²) in [6.07, 6.45) is 0. The number of nitrogen functional groups attached to an aromatic ring is 1. The van der Waals surface area contributed by atoms with E-state index in [1.165, 1.54) is 27.3 Å². The Balaban J connectivity index is 3.33. The molecular weight excluding hydrogens is 274 g/mol. The van der Waals surface area contributed by atoms with Gasteiger partial charge in [0.25, 0.3) is 10.0 Å². The van der Waals surface area contributed by atoms with Gasteiger partial charge in [-0.25, -0.2) is 17.9 Å². The van der Waals surface area contributed by atoms with Crippen LogP contribution in [0.2, 0.25) is 0 Å². The molecule has 1 aromatic carbocycles. The highest BCUT2D eigenvalue weighted by atomic mass is 32.2. The number of hydrogen-bond acceptors (Lipinski definition) is 6. The van der Waals surface area contributed by atoms with Crippen LogP contribution < -0.4 is 25.2 Å². The van der Waals surface area contributed by atoms with Crippen LogP contribution in [0.1, 0.15) is 0 Å². The molecular formula is C10H15N3O5S. The van der Waals surface area contributed by atoms with Gasteiger partial charge in [-0.2, -0.15) is 0 Å². The highest BCUT2D eigenvalue weighted by Crippen LogP contribution is 2.33. The van der Waals surface area contributed by atoms with Crippen LogP contribution in [-0.4, -0.2) is 35.7 Å². The van der Waals surface area contributed by atoms with Gasteiger partial charge in [0.1, 0.15) is 16.4 Å². The molecule has 0 radical (unpaired) electrons. The first kappa shape index (κ1) is 14.9. The summed E-state index contributed by atoms with van der Waals surface area (Å²) < 4.78 is 35.7. The first-order valence-electron chi connectivity index (χ1n) is 5.11. The topological polar surface area (TPSA) is 120 Å². The molecule has 19 heavy (non-hydrogen) atoms. The number of benzene rings is 1. The molecule has 9 heteroatoms. The number of ether oxygens (including phenoxy) is 2. The van der Waals surface area contributed by atoms with E-state index in [-0.39, 0.29) is 22.1 Å². The molecule has 4 N–H and O–H groups in total.